The van der Waals surface area contributed by atoms with Gasteiger partial charge in [0.25, 0.3) is 0 Å². The van der Waals surface area contributed by atoms with Gasteiger partial charge in [-0.3, -0.25) is 4.79 Å². The molecule has 0 aromatic heterocycles. The summed E-state index contributed by atoms with van der Waals surface area (Å²) < 4.78 is 121. The zero-order chi connectivity index (χ0) is 17.8. The maximum Gasteiger partial charge on any atom is 1.00 e. The number of carbonyl (C=O) groups is 1. The van der Waals surface area contributed by atoms with E-state index in [-0.39, 0.29) is 58.8 Å². The third-order valence-corrected chi connectivity index (χ3v) is 0.287. The number of ether oxygens (including phenoxy) is 1. The van der Waals surface area contributed by atoms with Crippen LogP contribution in [0.25, 0.3) is 0 Å². The van der Waals surface area contributed by atoms with E-state index < -0.39 is 21.8 Å². The van der Waals surface area contributed by atoms with E-state index >= 15 is 0 Å². The van der Waals surface area contributed by atoms with Crippen molar-refractivity contribution >= 4 is 27.7 Å². The van der Waals surface area contributed by atoms with E-state index in [1.54, 1.807) is 0 Å². The Hall–Kier alpha value is 0.461. The molecule has 0 aromatic carbocycles. The van der Waals surface area contributed by atoms with Crippen LogP contribution < -0.4 is 51.4 Å². The van der Waals surface area contributed by atoms with Crippen LogP contribution in [0.5, 0.6) is 0 Å². The molecule has 0 spiro atoms. The number of hydrogen-bond donors (Lipinski definition) is 0. The second kappa shape index (κ2) is 15.4. The molecular weight excluding hydrogens is 368 g/mol. The minimum atomic E-state index is -6.00. The Morgan fingerprint density at radius 2 is 0.762 bits per heavy atom. The summed E-state index contributed by atoms with van der Waals surface area (Å²) >= 11 is 0. The predicted molar refractivity (Wildman–Crippen MR) is 49.4 cm³/mol. The van der Waals surface area contributed by atoms with Crippen LogP contribution in [0.4, 0.5) is 51.8 Å². The van der Waals surface area contributed by atoms with Crippen LogP contribution in [0.3, 0.4) is 0 Å². The van der Waals surface area contributed by atoms with Gasteiger partial charge in [-0.25, -0.2) is 0 Å². The topological polar surface area (TPSA) is 26.3 Å². The molecule has 0 atom stereocenters. The predicted octanol–water partition coefficient (Wildman–Crippen LogP) is 1.20. The van der Waals surface area contributed by atoms with Gasteiger partial charge in [0, 0.05) is 6.92 Å². The summed E-state index contributed by atoms with van der Waals surface area (Å²) in [6.07, 6.45) is 0. The standard InChI is InChI=1S/C3H6O2.3BF4.K.H/c1-3(4)5-2;3*2-1(3,4)5;;/h1-2H3;;;;;/q;3*-1;+1;-1. The molecule has 0 unspecified atom stereocenters. The molecule has 0 aliphatic heterocycles. The van der Waals surface area contributed by atoms with Gasteiger partial charge in [-0.1, -0.05) is 0 Å². The fourth-order valence-electron chi connectivity index (χ4n) is 0. The summed E-state index contributed by atoms with van der Waals surface area (Å²) in [6.45, 7) is 1.36. The van der Waals surface area contributed by atoms with E-state index in [1.807, 2.05) is 0 Å². The minimum absolute atomic E-state index is 0. The summed E-state index contributed by atoms with van der Waals surface area (Å²) in [7, 11) is -16.7. The van der Waals surface area contributed by atoms with Gasteiger partial charge >= 0.3 is 79.1 Å². The molecule has 128 valence electrons. The second-order valence-corrected chi connectivity index (χ2v) is 2.18. The Morgan fingerprint density at radius 3 is 0.762 bits per heavy atom. The number of hydrogen-bond acceptors (Lipinski definition) is 2. The van der Waals surface area contributed by atoms with Crippen LogP contribution in [-0.2, 0) is 9.53 Å². The fourth-order valence-corrected chi connectivity index (χ4v) is 0. The molecule has 0 saturated heterocycles. The van der Waals surface area contributed by atoms with Crippen molar-refractivity contribution in [1.82, 2.24) is 0 Å². The Kier molecular flexibility index (Phi) is 24.3. The van der Waals surface area contributed by atoms with Crippen LogP contribution in [-0.4, -0.2) is 34.8 Å². The molecule has 0 aliphatic carbocycles. The maximum atomic E-state index is 9.75. The summed E-state index contributed by atoms with van der Waals surface area (Å²) in [4.78, 5) is 9.59. The molecule has 0 bridgehead atoms. The van der Waals surface area contributed by atoms with Crippen molar-refractivity contribution in [3.8, 4) is 0 Å². The molecule has 0 heterocycles. The molecule has 0 rings (SSSR count). The first-order valence-electron chi connectivity index (χ1n) is 3.94. The molecule has 0 amide bonds. The largest absolute Gasteiger partial charge is 1.00 e. The SMILES string of the molecule is COC(C)=O.F[B-](F)(F)F.F[B-](F)(F)F.F[B-](F)(F)F.[H-].[K+]. The molecule has 0 aromatic rings. The van der Waals surface area contributed by atoms with E-state index in [9.17, 15) is 56.6 Å². The second-order valence-electron chi connectivity index (χ2n) is 2.18. The smallest absolute Gasteiger partial charge is 1.00 e. The molecule has 2 nitrogen and oxygen atoms in total. The van der Waals surface area contributed by atoms with E-state index in [1.165, 1.54) is 14.0 Å². The van der Waals surface area contributed by atoms with Gasteiger partial charge < -0.3 is 58.0 Å². The van der Waals surface area contributed by atoms with E-state index in [0.717, 1.165) is 0 Å². The Labute approximate surface area is 155 Å². The Balaban J connectivity index is -0.0000000376. The van der Waals surface area contributed by atoms with Crippen LogP contribution in [0.15, 0.2) is 0 Å². The number of esters is 1. The summed E-state index contributed by atoms with van der Waals surface area (Å²) in [5.41, 5.74) is 0. The summed E-state index contributed by atoms with van der Waals surface area (Å²) in [5.74, 6) is -0.245. The van der Waals surface area contributed by atoms with Gasteiger partial charge in [-0.05, 0) is 0 Å². The fraction of sp³-hybridized carbons (Fsp3) is 0.667. The quantitative estimate of drug-likeness (QED) is 0.362. The van der Waals surface area contributed by atoms with Crippen LogP contribution >= 0.6 is 0 Å². The van der Waals surface area contributed by atoms with E-state index in [4.69, 9.17) is 0 Å². The van der Waals surface area contributed by atoms with Gasteiger partial charge in [0.1, 0.15) is 0 Å². The number of carbonyl (C=O) groups excluding carboxylic acids is 1. The van der Waals surface area contributed by atoms with Gasteiger partial charge in [0.2, 0.25) is 0 Å². The van der Waals surface area contributed by atoms with Crippen molar-refractivity contribution < 1.29 is 114 Å². The van der Waals surface area contributed by atoms with Crippen molar-refractivity contribution in [3.63, 3.8) is 0 Å². The van der Waals surface area contributed by atoms with Crippen LogP contribution in [0, 0.1) is 0 Å². The monoisotopic (exact) mass is 375 g/mol. The van der Waals surface area contributed by atoms with Gasteiger partial charge in [-0.2, -0.15) is 0 Å². The minimum Gasteiger partial charge on any atom is -1.00 e. The molecule has 0 saturated carbocycles. The average Bonchev–Trinajstić information content (AvgIpc) is 1.93. The molecule has 0 N–H and O–H groups in total. The van der Waals surface area contributed by atoms with Crippen molar-refractivity contribution in [2.24, 2.45) is 0 Å². The van der Waals surface area contributed by atoms with Crippen LogP contribution in [0.1, 0.15) is 8.35 Å². The molecule has 0 radical (unpaired) electrons. The Bertz CT molecular complexity index is 197. The number of methoxy groups -OCH3 is 1. The van der Waals surface area contributed by atoms with Crippen LogP contribution in [0.2, 0.25) is 0 Å². The summed E-state index contributed by atoms with van der Waals surface area (Å²) in [6, 6.07) is 0. The van der Waals surface area contributed by atoms with E-state index in [2.05, 4.69) is 4.74 Å². The average molecular weight is 375 g/mol. The normalized spacial score (nSPS) is 10.2. The van der Waals surface area contributed by atoms with Crippen molar-refractivity contribution in [2.45, 2.75) is 6.92 Å². The van der Waals surface area contributed by atoms with E-state index in [0.29, 0.717) is 0 Å². The molecule has 18 heteroatoms. The Morgan fingerprint density at radius 1 is 0.714 bits per heavy atom. The van der Waals surface area contributed by atoms with Crippen molar-refractivity contribution in [1.29, 1.82) is 0 Å². The number of halogens is 12. The summed E-state index contributed by atoms with van der Waals surface area (Å²) in [5, 5.41) is 0. The van der Waals surface area contributed by atoms with Crippen molar-refractivity contribution in [3.05, 3.63) is 0 Å². The molecule has 0 aliphatic rings. The third-order valence-electron chi connectivity index (χ3n) is 0.287. The van der Waals surface area contributed by atoms with Gasteiger partial charge in [-0.15, -0.1) is 0 Å². The first kappa shape index (κ1) is 33.2. The van der Waals surface area contributed by atoms with Gasteiger partial charge in [0.05, 0.1) is 7.11 Å². The first-order chi connectivity index (χ1) is 8.27. The van der Waals surface area contributed by atoms with Crippen molar-refractivity contribution in [2.75, 3.05) is 7.11 Å². The molecule has 21 heavy (non-hydrogen) atoms. The third kappa shape index (κ3) is 1150. The zero-order valence-corrected chi connectivity index (χ0v) is 13.7. The zero-order valence-electron chi connectivity index (χ0n) is 11.6. The molecule has 0 fully saturated rings. The maximum absolute atomic E-state index is 9.75. The number of rotatable bonds is 0. The van der Waals surface area contributed by atoms with Gasteiger partial charge in [0.15, 0.2) is 0 Å². The first-order valence-corrected chi connectivity index (χ1v) is 3.94. The molecular formula is C3H7B3F12KO2-3.